The van der Waals surface area contributed by atoms with Gasteiger partial charge in [-0.3, -0.25) is 4.79 Å². The lowest BCUT2D eigenvalue weighted by Crippen LogP contribution is -2.23. The van der Waals surface area contributed by atoms with Crippen molar-refractivity contribution < 1.29 is 4.79 Å². The number of pyridine rings is 1. The van der Waals surface area contributed by atoms with Crippen molar-refractivity contribution in [3.63, 3.8) is 0 Å². The lowest BCUT2D eigenvalue weighted by atomic mass is 10.4. The van der Waals surface area contributed by atoms with E-state index < -0.39 is 0 Å². The molecule has 0 bridgehead atoms. The van der Waals surface area contributed by atoms with Crippen LogP contribution in [0.5, 0.6) is 0 Å². The fraction of sp³-hybridized carbons (Fsp3) is 0.200. The highest BCUT2D eigenvalue weighted by Crippen LogP contribution is 2.20. The number of amides is 1. The molecular weight excluding hydrogens is 288 g/mol. The van der Waals surface area contributed by atoms with Gasteiger partial charge in [-0.2, -0.15) is 0 Å². The van der Waals surface area contributed by atoms with Gasteiger partial charge in [0.1, 0.15) is 12.1 Å². The molecule has 2 heterocycles. The van der Waals surface area contributed by atoms with Gasteiger partial charge in [-0.25, -0.2) is 9.66 Å². The number of nitrogens with zero attached hydrogens (tertiary/aromatic N) is 4. The summed E-state index contributed by atoms with van der Waals surface area (Å²) in [6.07, 6.45) is 2.83. The van der Waals surface area contributed by atoms with Crippen molar-refractivity contribution in [1.82, 2.24) is 19.9 Å². The Balaban J connectivity index is 1.96. The van der Waals surface area contributed by atoms with Gasteiger partial charge < -0.3 is 11.2 Å². The van der Waals surface area contributed by atoms with Crippen molar-refractivity contribution in [3.05, 3.63) is 29.7 Å². The second-order valence-electron chi connectivity index (χ2n) is 3.63. The van der Waals surface area contributed by atoms with Crippen LogP contribution in [-0.2, 0) is 4.79 Å². The molecule has 3 N–H and O–H groups in total. The summed E-state index contributed by atoms with van der Waals surface area (Å²) in [4.78, 5) is 15.9. The number of aromatic nitrogens is 4. The average Bonchev–Trinajstić information content (AvgIpc) is 2.78. The standard InChI is InChI=1S/C10H11ClN6OS/c1-6(19-10-16-14-5-17(10)12)9(18)15-8-3-2-7(11)4-13-8/h2-6H,12H2,1H3,(H,13,15,18)/t6-/m1/s1. The van der Waals surface area contributed by atoms with Crippen LogP contribution in [0.15, 0.2) is 29.8 Å². The average molecular weight is 299 g/mol. The van der Waals surface area contributed by atoms with Crippen LogP contribution in [0.4, 0.5) is 5.82 Å². The molecule has 2 rings (SSSR count). The van der Waals surface area contributed by atoms with Gasteiger partial charge in [0.05, 0.1) is 10.3 Å². The molecule has 0 fully saturated rings. The quantitative estimate of drug-likeness (QED) is 0.649. The van der Waals surface area contributed by atoms with Crippen molar-refractivity contribution >= 4 is 35.1 Å². The van der Waals surface area contributed by atoms with Gasteiger partial charge in [0.25, 0.3) is 0 Å². The molecule has 0 saturated heterocycles. The first-order chi connectivity index (χ1) is 9.06. The fourth-order valence-electron chi connectivity index (χ4n) is 1.21. The van der Waals surface area contributed by atoms with Crippen LogP contribution in [0.3, 0.4) is 0 Å². The minimum absolute atomic E-state index is 0.206. The van der Waals surface area contributed by atoms with E-state index in [1.54, 1.807) is 19.1 Å². The maximum absolute atomic E-state index is 11.9. The van der Waals surface area contributed by atoms with Crippen LogP contribution in [0.1, 0.15) is 6.92 Å². The summed E-state index contributed by atoms with van der Waals surface area (Å²) in [7, 11) is 0. The number of anilines is 1. The van der Waals surface area contributed by atoms with E-state index in [-0.39, 0.29) is 11.2 Å². The van der Waals surface area contributed by atoms with Gasteiger partial charge in [0, 0.05) is 6.20 Å². The van der Waals surface area contributed by atoms with Crippen molar-refractivity contribution in [2.24, 2.45) is 0 Å². The van der Waals surface area contributed by atoms with Crippen LogP contribution in [-0.4, -0.2) is 31.0 Å². The SMILES string of the molecule is C[C@@H](Sc1nncn1N)C(=O)Nc1ccc(Cl)cn1. The molecule has 0 aliphatic rings. The molecule has 0 unspecified atom stereocenters. The van der Waals surface area contributed by atoms with E-state index in [0.717, 1.165) is 0 Å². The molecule has 2 aromatic heterocycles. The summed E-state index contributed by atoms with van der Waals surface area (Å²) in [6, 6.07) is 3.28. The number of carbonyl (C=O) groups is 1. The van der Waals surface area contributed by atoms with E-state index in [0.29, 0.717) is 16.0 Å². The molecule has 0 radical (unpaired) electrons. The normalized spacial score (nSPS) is 12.1. The summed E-state index contributed by atoms with van der Waals surface area (Å²) in [5.41, 5.74) is 0. The molecule has 0 aliphatic carbocycles. The van der Waals surface area contributed by atoms with E-state index >= 15 is 0 Å². The molecule has 2 aromatic rings. The molecular formula is C10H11ClN6OS. The zero-order valence-corrected chi connectivity index (χ0v) is 11.5. The maximum Gasteiger partial charge on any atom is 0.238 e. The molecule has 9 heteroatoms. The molecule has 1 amide bonds. The highest BCUT2D eigenvalue weighted by molar-refractivity contribution is 8.00. The van der Waals surface area contributed by atoms with Gasteiger partial charge in [-0.1, -0.05) is 23.4 Å². The summed E-state index contributed by atoms with van der Waals surface area (Å²) in [6.45, 7) is 1.74. The van der Waals surface area contributed by atoms with E-state index in [1.165, 1.54) is 29.0 Å². The number of rotatable bonds is 4. The predicted octanol–water partition coefficient (Wildman–Crippen LogP) is 1.16. The highest BCUT2D eigenvalue weighted by Gasteiger charge is 2.17. The number of carbonyl (C=O) groups excluding carboxylic acids is 1. The summed E-state index contributed by atoms with van der Waals surface area (Å²) >= 11 is 6.92. The lowest BCUT2D eigenvalue weighted by molar-refractivity contribution is -0.115. The van der Waals surface area contributed by atoms with Crippen molar-refractivity contribution in [3.8, 4) is 0 Å². The zero-order valence-electron chi connectivity index (χ0n) is 9.95. The molecule has 0 aliphatic heterocycles. The predicted molar refractivity (Wildman–Crippen MR) is 73.4 cm³/mol. The maximum atomic E-state index is 11.9. The van der Waals surface area contributed by atoms with E-state index in [4.69, 9.17) is 17.4 Å². The third kappa shape index (κ3) is 3.58. The number of halogens is 1. The van der Waals surface area contributed by atoms with E-state index in [2.05, 4.69) is 20.5 Å². The second-order valence-corrected chi connectivity index (χ2v) is 5.38. The third-order valence-electron chi connectivity index (χ3n) is 2.17. The molecule has 0 spiro atoms. The first kappa shape index (κ1) is 13.6. The topological polar surface area (TPSA) is 98.7 Å². The molecule has 19 heavy (non-hydrogen) atoms. The smallest absolute Gasteiger partial charge is 0.238 e. The molecule has 7 nitrogen and oxygen atoms in total. The van der Waals surface area contributed by atoms with Gasteiger partial charge in [0.15, 0.2) is 0 Å². The first-order valence-corrected chi connectivity index (χ1v) is 6.56. The fourth-order valence-corrected chi connectivity index (χ4v) is 2.06. The number of nitrogen functional groups attached to an aromatic ring is 1. The van der Waals surface area contributed by atoms with Crippen molar-refractivity contribution in [2.45, 2.75) is 17.3 Å². The Morgan fingerprint density at radius 3 is 2.95 bits per heavy atom. The zero-order chi connectivity index (χ0) is 13.8. The molecule has 0 saturated carbocycles. The van der Waals surface area contributed by atoms with Gasteiger partial charge in [-0.15, -0.1) is 10.2 Å². The minimum atomic E-state index is -0.385. The number of nitrogens with one attached hydrogen (secondary N) is 1. The third-order valence-corrected chi connectivity index (χ3v) is 3.46. The molecule has 1 atom stereocenters. The summed E-state index contributed by atoms with van der Waals surface area (Å²) in [5.74, 6) is 5.81. The second kappa shape index (κ2) is 5.89. The van der Waals surface area contributed by atoms with E-state index in [1.807, 2.05) is 0 Å². The molecule has 0 aromatic carbocycles. The van der Waals surface area contributed by atoms with Gasteiger partial charge >= 0.3 is 0 Å². The van der Waals surface area contributed by atoms with E-state index in [9.17, 15) is 4.79 Å². The first-order valence-electron chi connectivity index (χ1n) is 5.30. The van der Waals surface area contributed by atoms with Crippen LogP contribution in [0, 0.1) is 0 Å². The van der Waals surface area contributed by atoms with Crippen molar-refractivity contribution in [2.75, 3.05) is 11.2 Å². The highest BCUT2D eigenvalue weighted by atomic mass is 35.5. The number of hydrogen-bond acceptors (Lipinski definition) is 6. The Morgan fingerprint density at radius 1 is 1.58 bits per heavy atom. The summed E-state index contributed by atoms with van der Waals surface area (Å²) in [5, 5.41) is 10.7. The van der Waals surface area contributed by atoms with Crippen LogP contribution in [0.2, 0.25) is 5.02 Å². The van der Waals surface area contributed by atoms with Crippen LogP contribution in [0.25, 0.3) is 0 Å². The van der Waals surface area contributed by atoms with Gasteiger partial charge in [0.2, 0.25) is 11.1 Å². The lowest BCUT2D eigenvalue weighted by Gasteiger charge is -2.10. The Bertz CT molecular complexity index is 572. The van der Waals surface area contributed by atoms with Crippen LogP contribution < -0.4 is 11.2 Å². The number of nitrogens with two attached hydrogens (primary N) is 1. The Morgan fingerprint density at radius 2 is 2.37 bits per heavy atom. The Labute approximate surface area is 118 Å². The van der Waals surface area contributed by atoms with Crippen molar-refractivity contribution in [1.29, 1.82) is 0 Å². The molecule has 100 valence electrons. The monoisotopic (exact) mass is 298 g/mol. The number of hydrogen-bond donors (Lipinski definition) is 2. The minimum Gasteiger partial charge on any atom is -0.336 e. The number of thioether (sulfide) groups is 1. The summed E-state index contributed by atoms with van der Waals surface area (Å²) < 4.78 is 1.26. The Kier molecular flexibility index (Phi) is 4.23. The van der Waals surface area contributed by atoms with Gasteiger partial charge in [-0.05, 0) is 19.1 Å². The Hall–Kier alpha value is -1.80. The largest absolute Gasteiger partial charge is 0.336 e. The van der Waals surface area contributed by atoms with Crippen LogP contribution >= 0.6 is 23.4 Å².